The predicted molar refractivity (Wildman–Crippen MR) is 71.8 cm³/mol. The Morgan fingerprint density at radius 1 is 0.947 bits per heavy atom. The molecular formula is C16H24O3. The fraction of sp³-hybridized carbons (Fsp3) is 0.875. The molecule has 0 heterocycles. The Hall–Kier alpha value is -0.380. The third-order valence-corrected chi connectivity index (χ3v) is 6.84. The molecule has 0 aliphatic heterocycles. The second-order valence-electron chi connectivity index (χ2n) is 7.19. The van der Waals surface area contributed by atoms with Gasteiger partial charge in [-0.15, -0.1) is 0 Å². The third-order valence-electron chi connectivity index (χ3n) is 6.84. The fourth-order valence-electron chi connectivity index (χ4n) is 6.90. The Kier molecular flexibility index (Phi) is 2.12. The number of hydrogen-bond donors (Lipinski definition) is 0. The molecule has 5 saturated carbocycles. The molecule has 19 heavy (non-hydrogen) atoms. The highest BCUT2D eigenvalue weighted by Gasteiger charge is 3.12. The molecule has 5 aliphatic rings. The second-order valence-corrected chi connectivity index (χ2v) is 7.19. The maximum atomic E-state index is 5.62. The van der Waals surface area contributed by atoms with Crippen molar-refractivity contribution in [1.82, 2.24) is 0 Å². The number of methoxy groups -OCH3 is 3. The van der Waals surface area contributed by atoms with E-state index in [9.17, 15) is 0 Å². The van der Waals surface area contributed by atoms with Crippen LogP contribution < -0.4 is 0 Å². The van der Waals surface area contributed by atoms with Crippen molar-refractivity contribution in [2.45, 2.75) is 13.8 Å². The summed E-state index contributed by atoms with van der Waals surface area (Å²) < 4.78 is 16.8. The molecule has 3 nitrogen and oxygen atoms in total. The molecule has 5 rings (SSSR count). The largest absolute Gasteiger partial charge is 0.384 e. The standard InChI is InChI=1S/C16H24O3/c1-9(2)10-11-13-14(11,6-17-3)16(8-19-5)12(10)15(13,16)7-18-4/h11-13H,6-8H2,1-5H3/t11-,12+,13+,14-,15-,16+/m1/s1. The molecule has 0 aromatic rings. The number of ether oxygens (including phenoxy) is 3. The predicted octanol–water partition coefficient (Wildman–Crippen LogP) is 2.12. The van der Waals surface area contributed by atoms with Crippen LogP contribution in [0, 0.1) is 34.0 Å². The van der Waals surface area contributed by atoms with E-state index in [0.29, 0.717) is 22.2 Å². The van der Waals surface area contributed by atoms with E-state index in [1.165, 1.54) is 5.57 Å². The smallest absolute Gasteiger partial charge is 0.0537 e. The summed E-state index contributed by atoms with van der Waals surface area (Å²) in [6.07, 6.45) is 0. The van der Waals surface area contributed by atoms with Crippen LogP contribution in [-0.2, 0) is 14.2 Å². The summed E-state index contributed by atoms with van der Waals surface area (Å²) in [5, 5.41) is 0. The Labute approximate surface area is 115 Å². The Bertz CT molecular complexity index is 464. The van der Waals surface area contributed by atoms with Crippen LogP contribution in [0.15, 0.2) is 11.1 Å². The number of hydrogen-bond acceptors (Lipinski definition) is 3. The molecule has 0 radical (unpaired) electrons. The Morgan fingerprint density at radius 2 is 1.53 bits per heavy atom. The first-order chi connectivity index (χ1) is 9.11. The molecule has 0 aromatic carbocycles. The van der Waals surface area contributed by atoms with Crippen molar-refractivity contribution >= 4 is 0 Å². The lowest BCUT2D eigenvalue weighted by Gasteiger charge is -2.42. The van der Waals surface area contributed by atoms with E-state index in [1.807, 2.05) is 21.3 Å². The minimum atomic E-state index is 0.322. The van der Waals surface area contributed by atoms with Gasteiger partial charge in [-0.05, 0) is 31.6 Å². The minimum Gasteiger partial charge on any atom is -0.384 e. The van der Waals surface area contributed by atoms with Gasteiger partial charge in [0, 0.05) is 37.6 Å². The van der Waals surface area contributed by atoms with Gasteiger partial charge >= 0.3 is 0 Å². The van der Waals surface area contributed by atoms with Gasteiger partial charge < -0.3 is 14.2 Å². The zero-order chi connectivity index (χ0) is 13.6. The van der Waals surface area contributed by atoms with Gasteiger partial charge in [-0.3, -0.25) is 0 Å². The van der Waals surface area contributed by atoms with Gasteiger partial charge in [-0.2, -0.15) is 0 Å². The molecule has 6 atom stereocenters. The van der Waals surface area contributed by atoms with E-state index < -0.39 is 0 Å². The van der Waals surface area contributed by atoms with Crippen LogP contribution in [0.5, 0.6) is 0 Å². The van der Waals surface area contributed by atoms with Crippen molar-refractivity contribution in [3.8, 4) is 0 Å². The quantitative estimate of drug-likeness (QED) is 0.688. The van der Waals surface area contributed by atoms with Crippen molar-refractivity contribution < 1.29 is 14.2 Å². The summed E-state index contributed by atoms with van der Waals surface area (Å²) in [5.74, 6) is 2.26. The molecule has 0 aromatic heterocycles. The molecule has 0 saturated heterocycles. The lowest BCUT2D eigenvalue weighted by molar-refractivity contribution is -0.0734. The number of allylic oxidation sites excluding steroid dienone is 2. The summed E-state index contributed by atoms with van der Waals surface area (Å²) >= 11 is 0. The molecule has 3 heteroatoms. The Balaban J connectivity index is 1.80. The maximum Gasteiger partial charge on any atom is 0.0537 e. The molecule has 0 unspecified atom stereocenters. The van der Waals surface area contributed by atoms with Gasteiger partial charge in [0.1, 0.15) is 0 Å². The highest BCUT2D eigenvalue weighted by atomic mass is 16.5. The molecule has 106 valence electrons. The van der Waals surface area contributed by atoms with Crippen LogP contribution in [0.25, 0.3) is 0 Å². The van der Waals surface area contributed by atoms with Crippen LogP contribution in [0.3, 0.4) is 0 Å². The van der Waals surface area contributed by atoms with Crippen molar-refractivity contribution in [3.05, 3.63) is 11.1 Å². The molecular weight excluding hydrogens is 240 g/mol. The lowest BCUT2D eigenvalue weighted by atomic mass is 9.65. The molecule has 5 aliphatic carbocycles. The average Bonchev–Trinajstić information content (AvgIpc) is 3.01. The van der Waals surface area contributed by atoms with E-state index in [1.54, 1.807) is 5.57 Å². The summed E-state index contributed by atoms with van der Waals surface area (Å²) in [6.45, 7) is 7.20. The van der Waals surface area contributed by atoms with E-state index >= 15 is 0 Å². The van der Waals surface area contributed by atoms with Gasteiger partial charge in [0.05, 0.1) is 19.8 Å². The zero-order valence-electron chi connectivity index (χ0n) is 12.6. The lowest BCUT2D eigenvalue weighted by Crippen LogP contribution is -2.46. The van der Waals surface area contributed by atoms with Gasteiger partial charge in [-0.25, -0.2) is 0 Å². The van der Waals surface area contributed by atoms with Crippen molar-refractivity contribution in [2.24, 2.45) is 34.0 Å². The fourth-order valence-corrected chi connectivity index (χ4v) is 6.90. The van der Waals surface area contributed by atoms with Crippen LogP contribution in [0.1, 0.15) is 13.8 Å². The maximum absolute atomic E-state index is 5.62. The summed E-state index contributed by atoms with van der Waals surface area (Å²) in [7, 11) is 5.51. The highest BCUT2D eigenvalue weighted by Crippen LogP contribution is 3.11. The van der Waals surface area contributed by atoms with Crippen LogP contribution in [-0.4, -0.2) is 41.2 Å². The number of rotatable bonds is 6. The molecule has 0 N–H and O–H groups in total. The minimum absolute atomic E-state index is 0.322. The molecule has 0 amide bonds. The monoisotopic (exact) mass is 264 g/mol. The van der Waals surface area contributed by atoms with Crippen molar-refractivity contribution in [1.29, 1.82) is 0 Å². The normalized spacial score (nSPS) is 54.8. The van der Waals surface area contributed by atoms with Gasteiger partial charge in [0.25, 0.3) is 0 Å². The van der Waals surface area contributed by atoms with E-state index in [0.717, 1.165) is 31.7 Å². The first-order valence-electron chi connectivity index (χ1n) is 7.26. The first-order valence-corrected chi connectivity index (χ1v) is 7.26. The SMILES string of the molecule is COC[C@]12[C@@H]3[C@H]1C(=C(C)C)[C@H]1[C@@]3(COC)[C@@]12COC. The zero-order valence-corrected chi connectivity index (χ0v) is 12.6. The topological polar surface area (TPSA) is 27.7 Å². The van der Waals surface area contributed by atoms with Gasteiger partial charge in [0.15, 0.2) is 0 Å². The van der Waals surface area contributed by atoms with Crippen molar-refractivity contribution in [3.63, 3.8) is 0 Å². The van der Waals surface area contributed by atoms with Crippen LogP contribution >= 0.6 is 0 Å². The average molecular weight is 264 g/mol. The first kappa shape index (κ1) is 12.4. The van der Waals surface area contributed by atoms with Crippen molar-refractivity contribution in [2.75, 3.05) is 41.2 Å². The van der Waals surface area contributed by atoms with E-state index in [4.69, 9.17) is 14.2 Å². The summed E-state index contributed by atoms with van der Waals surface area (Å²) in [6, 6.07) is 0. The molecule has 0 spiro atoms. The van der Waals surface area contributed by atoms with Gasteiger partial charge in [-0.1, -0.05) is 11.1 Å². The summed E-state index contributed by atoms with van der Waals surface area (Å²) in [5.41, 5.74) is 4.33. The Morgan fingerprint density at radius 3 is 2.05 bits per heavy atom. The van der Waals surface area contributed by atoms with E-state index in [2.05, 4.69) is 13.8 Å². The summed E-state index contributed by atoms with van der Waals surface area (Å²) in [4.78, 5) is 0. The van der Waals surface area contributed by atoms with E-state index in [-0.39, 0.29) is 0 Å². The van der Waals surface area contributed by atoms with Crippen LogP contribution in [0.2, 0.25) is 0 Å². The van der Waals surface area contributed by atoms with Gasteiger partial charge in [0.2, 0.25) is 0 Å². The second kappa shape index (κ2) is 3.26. The third kappa shape index (κ3) is 0.838. The molecule has 2 bridgehead atoms. The molecule has 5 fully saturated rings. The van der Waals surface area contributed by atoms with Crippen LogP contribution in [0.4, 0.5) is 0 Å². The highest BCUT2D eigenvalue weighted by molar-refractivity contribution is 5.67.